The number of nitro benzene ring substituents is 1. The van der Waals surface area contributed by atoms with Gasteiger partial charge in [0.2, 0.25) is 0 Å². The van der Waals surface area contributed by atoms with Gasteiger partial charge in [-0.05, 0) is 37.6 Å². The second kappa shape index (κ2) is 5.24. The van der Waals surface area contributed by atoms with Crippen molar-refractivity contribution in [2.24, 2.45) is 0 Å². The maximum Gasteiger partial charge on any atom is 0.272 e. The Morgan fingerprint density at radius 3 is 2.35 bits per heavy atom. The number of hydrogen-bond donors (Lipinski definition) is 0. The topological polar surface area (TPSA) is 52.4 Å². The fourth-order valence-corrected chi connectivity index (χ4v) is 1.76. The summed E-state index contributed by atoms with van der Waals surface area (Å²) >= 11 is 0. The van der Waals surface area contributed by atoms with Crippen LogP contribution in [-0.2, 0) is 0 Å². The smallest absolute Gasteiger partial charge is 0.272 e. The summed E-state index contributed by atoms with van der Waals surface area (Å²) in [5, 5.41) is 10.8. The summed E-state index contributed by atoms with van der Waals surface area (Å²) in [6, 6.07) is 5.76. The van der Waals surface area contributed by atoms with Gasteiger partial charge in [-0.25, -0.2) is 8.78 Å². The Labute approximate surface area is 113 Å². The van der Waals surface area contributed by atoms with Gasteiger partial charge >= 0.3 is 0 Å². The zero-order valence-electron chi connectivity index (χ0n) is 10.8. The van der Waals surface area contributed by atoms with E-state index in [-0.39, 0.29) is 11.4 Å². The molecule has 0 aliphatic rings. The number of aryl methyl sites for hydroxylation is 2. The van der Waals surface area contributed by atoms with Crippen molar-refractivity contribution in [2.75, 3.05) is 0 Å². The summed E-state index contributed by atoms with van der Waals surface area (Å²) < 4.78 is 31.6. The van der Waals surface area contributed by atoms with E-state index in [4.69, 9.17) is 4.74 Å². The van der Waals surface area contributed by atoms with Crippen LogP contribution in [0.25, 0.3) is 0 Å². The molecule has 0 unspecified atom stereocenters. The molecule has 0 aliphatic heterocycles. The molecule has 0 amide bonds. The molecular formula is C14H11F2NO3. The van der Waals surface area contributed by atoms with Crippen LogP contribution in [0.4, 0.5) is 14.5 Å². The highest BCUT2D eigenvalue weighted by atomic mass is 19.1. The molecule has 0 aromatic heterocycles. The lowest BCUT2D eigenvalue weighted by Crippen LogP contribution is -1.96. The SMILES string of the molecule is Cc1cc([N+](=O)[O-])c(C)cc1Oc1ccc(F)cc1F. The normalized spacial score (nSPS) is 10.4. The van der Waals surface area contributed by atoms with Crippen LogP contribution in [-0.4, -0.2) is 4.92 Å². The van der Waals surface area contributed by atoms with Crippen molar-refractivity contribution in [3.8, 4) is 11.5 Å². The van der Waals surface area contributed by atoms with Crippen LogP contribution in [0.2, 0.25) is 0 Å². The highest BCUT2D eigenvalue weighted by Crippen LogP contribution is 2.32. The van der Waals surface area contributed by atoms with Gasteiger partial charge in [0.25, 0.3) is 5.69 Å². The summed E-state index contributed by atoms with van der Waals surface area (Å²) in [5.74, 6) is -1.38. The van der Waals surface area contributed by atoms with Crippen LogP contribution in [0.5, 0.6) is 11.5 Å². The molecule has 104 valence electrons. The van der Waals surface area contributed by atoms with Crippen LogP contribution >= 0.6 is 0 Å². The minimum absolute atomic E-state index is 0.0329. The molecule has 0 fully saturated rings. The molecule has 0 radical (unpaired) electrons. The Morgan fingerprint density at radius 1 is 1.05 bits per heavy atom. The zero-order valence-corrected chi connectivity index (χ0v) is 10.8. The predicted octanol–water partition coefficient (Wildman–Crippen LogP) is 4.28. The largest absolute Gasteiger partial charge is 0.454 e. The number of ether oxygens (including phenoxy) is 1. The Hall–Kier alpha value is -2.50. The molecule has 4 nitrogen and oxygen atoms in total. The fraction of sp³-hybridized carbons (Fsp3) is 0.143. The van der Waals surface area contributed by atoms with Crippen LogP contribution in [0.15, 0.2) is 30.3 Å². The van der Waals surface area contributed by atoms with Gasteiger partial charge in [0.05, 0.1) is 4.92 Å². The molecule has 2 aromatic rings. The molecule has 2 rings (SSSR count). The lowest BCUT2D eigenvalue weighted by atomic mass is 10.1. The second-order valence-corrected chi connectivity index (χ2v) is 4.34. The summed E-state index contributed by atoms with van der Waals surface area (Å²) in [7, 11) is 0. The van der Waals surface area contributed by atoms with E-state index in [2.05, 4.69) is 0 Å². The number of rotatable bonds is 3. The van der Waals surface area contributed by atoms with E-state index in [1.165, 1.54) is 18.2 Å². The Kier molecular flexibility index (Phi) is 3.65. The molecule has 2 aromatic carbocycles. The second-order valence-electron chi connectivity index (χ2n) is 4.34. The molecule has 0 spiro atoms. The third kappa shape index (κ3) is 2.74. The average Bonchev–Trinajstić information content (AvgIpc) is 2.36. The van der Waals surface area contributed by atoms with Crippen LogP contribution < -0.4 is 4.74 Å². The average molecular weight is 279 g/mol. The number of halogens is 2. The van der Waals surface area contributed by atoms with Gasteiger partial charge in [0.15, 0.2) is 11.6 Å². The fourth-order valence-electron chi connectivity index (χ4n) is 1.76. The number of hydrogen-bond acceptors (Lipinski definition) is 3. The Balaban J connectivity index is 2.39. The first-order chi connectivity index (χ1) is 9.38. The molecule has 0 heterocycles. The monoisotopic (exact) mass is 279 g/mol. The van der Waals surface area contributed by atoms with Gasteiger partial charge in [-0.3, -0.25) is 10.1 Å². The summed E-state index contributed by atoms with van der Waals surface area (Å²) in [4.78, 5) is 10.3. The summed E-state index contributed by atoms with van der Waals surface area (Å²) in [6.45, 7) is 3.18. The lowest BCUT2D eigenvalue weighted by molar-refractivity contribution is -0.385. The van der Waals surface area contributed by atoms with E-state index < -0.39 is 16.6 Å². The van der Waals surface area contributed by atoms with Gasteiger partial charge in [-0.1, -0.05) is 0 Å². The maximum atomic E-state index is 13.5. The lowest BCUT2D eigenvalue weighted by Gasteiger charge is -2.10. The van der Waals surface area contributed by atoms with Crippen molar-refractivity contribution in [2.45, 2.75) is 13.8 Å². The first-order valence-electron chi connectivity index (χ1n) is 5.77. The Morgan fingerprint density at radius 2 is 1.75 bits per heavy atom. The first-order valence-corrected chi connectivity index (χ1v) is 5.77. The van der Waals surface area contributed by atoms with Crippen molar-refractivity contribution in [3.05, 3.63) is 63.2 Å². The molecule has 0 bridgehead atoms. The van der Waals surface area contributed by atoms with E-state index in [9.17, 15) is 18.9 Å². The van der Waals surface area contributed by atoms with Gasteiger partial charge in [0, 0.05) is 17.7 Å². The maximum absolute atomic E-state index is 13.5. The standard InChI is InChI=1S/C14H11F2NO3/c1-8-6-14(9(2)5-12(8)17(18)19)20-13-4-3-10(15)7-11(13)16/h3-7H,1-2H3. The third-order valence-electron chi connectivity index (χ3n) is 2.80. The van der Waals surface area contributed by atoms with Crippen molar-refractivity contribution in [1.82, 2.24) is 0 Å². The van der Waals surface area contributed by atoms with E-state index in [1.54, 1.807) is 13.8 Å². The van der Waals surface area contributed by atoms with Crippen molar-refractivity contribution >= 4 is 5.69 Å². The minimum Gasteiger partial charge on any atom is -0.454 e. The van der Waals surface area contributed by atoms with Gasteiger partial charge in [-0.15, -0.1) is 0 Å². The summed E-state index contributed by atoms with van der Waals surface area (Å²) in [6.07, 6.45) is 0. The third-order valence-corrected chi connectivity index (χ3v) is 2.80. The van der Waals surface area contributed by atoms with Gasteiger partial charge < -0.3 is 4.74 Å². The predicted molar refractivity (Wildman–Crippen MR) is 69.0 cm³/mol. The highest BCUT2D eigenvalue weighted by Gasteiger charge is 2.15. The quantitative estimate of drug-likeness (QED) is 0.622. The summed E-state index contributed by atoms with van der Waals surface area (Å²) in [5.41, 5.74) is 0.860. The highest BCUT2D eigenvalue weighted by molar-refractivity contribution is 5.50. The molecule has 20 heavy (non-hydrogen) atoms. The van der Waals surface area contributed by atoms with E-state index >= 15 is 0 Å². The van der Waals surface area contributed by atoms with Crippen molar-refractivity contribution < 1.29 is 18.4 Å². The molecule has 0 aliphatic carbocycles. The van der Waals surface area contributed by atoms with Crippen LogP contribution in [0.3, 0.4) is 0 Å². The van der Waals surface area contributed by atoms with Crippen LogP contribution in [0.1, 0.15) is 11.1 Å². The van der Waals surface area contributed by atoms with Crippen LogP contribution in [0, 0.1) is 35.6 Å². The van der Waals surface area contributed by atoms with E-state index in [0.717, 1.165) is 6.07 Å². The van der Waals surface area contributed by atoms with Crippen molar-refractivity contribution in [1.29, 1.82) is 0 Å². The number of nitrogens with zero attached hydrogens (tertiary/aromatic N) is 1. The molecule has 0 atom stereocenters. The van der Waals surface area contributed by atoms with Gasteiger partial charge in [-0.2, -0.15) is 0 Å². The molecular weight excluding hydrogens is 268 g/mol. The number of benzene rings is 2. The van der Waals surface area contributed by atoms with Crippen molar-refractivity contribution in [3.63, 3.8) is 0 Å². The first kappa shape index (κ1) is 13.9. The molecule has 0 saturated heterocycles. The Bertz CT molecular complexity index is 686. The van der Waals surface area contributed by atoms with Gasteiger partial charge in [0.1, 0.15) is 11.6 Å². The molecule has 6 heteroatoms. The van der Waals surface area contributed by atoms with E-state index in [0.29, 0.717) is 22.9 Å². The minimum atomic E-state index is -0.833. The zero-order chi connectivity index (χ0) is 14.9. The number of nitro groups is 1. The molecule has 0 saturated carbocycles. The van der Waals surface area contributed by atoms with E-state index in [1.807, 2.05) is 0 Å². The molecule has 0 N–H and O–H groups in total.